The van der Waals surface area contributed by atoms with Crippen LogP contribution in [0, 0.1) is 5.41 Å². The van der Waals surface area contributed by atoms with Gasteiger partial charge in [-0.2, -0.15) is 0 Å². The van der Waals surface area contributed by atoms with Crippen molar-refractivity contribution in [3.63, 3.8) is 0 Å². The molecule has 1 heterocycles. The number of rotatable bonds is 2. The van der Waals surface area contributed by atoms with Gasteiger partial charge in [-0.3, -0.25) is 5.41 Å². The summed E-state index contributed by atoms with van der Waals surface area (Å²) in [6, 6.07) is 6.05. The van der Waals surface area contributed by atoms with Gasteiger partial charge in [0.15, 0.2) is 0 Å². The first kappa shape index (κ1) is 13.2. The molecule has 3 N–H and O–H groups in total. The second-order valence-electron chi connectivity index (χ2n) is 4.97. The number of amidine groups is 1. The summed E-state index contributed by atoms with van der Waals surface area (Å²) >= 11 is 6.09. The smallest absolute Gasteiger partial charge is 0.124 e. The molecular formula is C14H20ClN3. The molecule has 0 saturated carbocycles. The molecule has 98 valence electrons. The van der Waals surface area contributed by atoms with Crippen LogP contribution in [0.3, 0.4) is 0 Å². The van der Waals surface area contributed by atoms with Gasteiger partial charge in [-0.1, -0.05) is 24.4 Å². The largest absolute Gasteiger partial charge is 0.384 e. The summed E-state index contributed by atoms with van der Waals surface area (Å²) in [7, 11) is 0. The zero-order chi connectivity index (χ0) is 13.1. The molecule has 1 aromatic carbocycles. The van der Waals surface area contributed by atoms with Crippen LogP contribution in [0.25, 0.3) is 0 Å². The molecule has 0 radical (unpaired) electrons. The van der Waals surface area contributed by atoms with Crippen LogP contribution in [0.4, 0.5) is 5.69 Å². The van der Waals surface area contributed by atoms with E-state index in [2.05, 4.69) is 11.8 Å². The molecule has 2 rings (SSSR count). The number of nitrogens with zero attached hydrogens (tertiary/aromatic N) is 1. The van der Waals surface area contributed by atoms with Gasteiger partial charge in [-0.15, -0.1) is 0 Å². The highest BCUT2D eigenvalue weighted by Gasteiger charge is 2.20. The molecule has 1 atom stereocenters. The summed E-state index contributed by atoms with van der Waals surface area (Å²) in [6.45, 7) is 3.25. The Hall–Kier alpha value is -1.22. The first-order valence-corrected chi connectivity index (χ1v) is 6.88. The van der Waals surface area contributed by atoms with Gasteiger partial charge in [0.1, 0.15) is 5.84 Å². The van der Waals surface area contributed by atoms with E-state index in [1.54, 1.807) is 6.07 Å². The molecule has 18 heavy (non-hydrogen) atoms. The lowest BCUT2D eigenvalue weighted by Gasteiger charge is -2.31. The van der Waals surface area contributed by atoms with E-state index in [9.17, 15) is 0 Å². The number of anilines is 1. The van der Waals surface area contributed by atoms with Crippen LogP contribution in [0.1, 0.15) is 38.2 Å². The zero-order valence-electron chi connectivity index (χ0n) is 10.7. The molecule has 1 aromatic rings. The lowest BCUT2D eigenvalue weighted by atomic mass is 10.1. The van der Waals surface area contributed by atoms with Crippen molar-refractivity contribution in [2.45, 2.75) is 38.6 Å². The molecule has 1 aliphatic heterocycles. The number of halogens is 1. The van der Waals surface area contributed by atoms with Crippen molar-refractivity contribution in [3.8, 4) is 0 Å². The van der Waals surface area contributed by atoms with Gasteiger partial charge in [-0.05, 0) is 38.0 Å². The number of nitrogens with one attached hydrogen (secondary N) is 1. The molecular weight excluding hydrogens is 246 g/mol. The summed E-state index contributed by atoms with van der Waals surface area (Å²) in [5, 5.41) is 8.39. The van der Waals surface area contributed by atoms with Gasteiger partial charge < -0.3 is 10.6 Å². The average Bonchev–Trinajstić information content (AvgIpc) is 2.53. The Balaban J connectivity index is 2.40. The standard InChI is InChI=1S/C14H20ClN3/c1-10-5-3-2-4-8-18(10)13-9-11(15)6-7-12(13)14(16)17/h6-7,9-10H,2-5,8H2,1H3,(H3,16,17). The quantitative estimate of drug-likeness (QED) is 0.636. The Morgan fingerprint density at radius 3 is 2.89 bits per heavy atom. The van der Waals surface area contributed by atoms with E-state index >= 15 is 0 Å². The maximum Gasteiger partial charge on any atom is 0.124 e. The van der Waals surface area contributed by atoms with Gasteiger partial charge in [0, 0.05) is 28.9 Å². The molecule has 4 heteroatoms. The number of hydrogen-bond donors (Lipinski definition) is 2. The molecule has 0 amide bonds. The number of hydrogen-bond acceptors (Lipinski definition) is 2. The Labute approximate surface area is 113 Å². The second-order valence-corrected chi connectivity index (χ2v) is 5.40. The zero-order valence-corrected chi connectivity index (χ0v) is 11.5. The first-order chi connectivity index (χ1) is 8.59. The van der Waals surface area contributed by atoms with Crippen molar-refractivity contribution in [2.24, 2.45) is 5.73 Å². The molecule has 1 fully saturated rings. The Morgan fingerprint density at radius 2 is 2.17 bits per heavy atom. The van der Waals surface area contributed by atoms with Crippen LogP contribution < -0.4 is 10.6 Å². The fourth-order valence-electron chi connectivity index (χ4n) is 2.60. The van der Waals surface area contributed by atoms with Crippen LogP contribution >= 0.6 is 11.6 Å². The summed E-state index contributed by atoms with van der Waals surface area (Å²) in [5.41, 5.74) is 7.46. The van der Waals surface area contributed by atoms with Crippen LogP contribution in [0.2, 0.25) is 5.02 Å². The van der Waals surface area contributed by atoms with E-state index in [1.807, 2.05) is 12.1 Å². The number of benzene rings is 1. The van der Waals surface area contributed by atoms with Crippen molar-refractivity contribution >= 4 is 23.1 Å². The topological polar surface area (TPSA) is 53.1 Å². The van der Waals surface area contributed by atoms with E-state index in [-0.39, 0.29) is 5.84 Å². The van der Waals surface area contributed by atoms with E-state index in [0.717, 1.165) is 17.8 Å². The predicted octanol–water partition coefficient (Wildman–Crippen LogP) is 3.39. The third kappa shape index (κ3) is 2.78. The third-order valence-electron chi connectivity index (χ3n) is 3.61. The molecule has 3 nitrogen and oxygen atoms in total. The Bertz CT molecular complexity index is 445. The molecule has 0 aromatic heterocycles. The van der Waals surface area contributed by atoms with Gasteiger partial charge in [-0.25, -0.2) is 0 Å². The summed E-state index contributed by atoms with van der Waals surface area (Å²) < 4.78 is 0. The van der Waals surface area contributed by atoms with Crippen LogP contribution in [0.15, 0.2) is 18.2 Å². The van der Waals surface area contributed by atoms with Crippen LogP contribution in [-0.2, 0) is 0 Å². The van der Waals surface area contributed by atoms with Gasteiger partial charge in [0.25, 0.3) is 0 Å². The predicted molar refractivity (Wildman–Crippen MR) is 77.7 cm³/mol. The normalized spacial score (nSPS) is 20.6. The summed E-state index contributed by atoms with van der Waals surface area (Å²) in [5.74, 6) is 0.109. The highest BCUT2D eigenvalue weighted by Crippen LogP contribution is 2.29. The van der Waals surface area contributed by atoms with Gasteiger partial charge in [0.2, 0.25) is 0 Å². The second kappa shape index (κ2) is 5.61. The Kier molecular flexibility index (Phi) is 4.12. The van der Waals surface area contributed by atoms with Gasteiger partial charge >= 0.3 is 0 Å². The van der Waals surface area contributed by atoms with E-state index in [0.29, 0.717) is 11.1 Å². The van der Waals surface area contributed by atoms with E-state index in [4.69, 9.17) is 22.7 Å². The third-order valence-corrected chi connectivity index (χ3v) is 3.85. The minimum absolute atomic E-state index is 0.109. The number of nitrogen functional groups attached to an aromatic ring is 1. The minimum atomic E-state index is 0.109. The average molecular weight is 266 g/mol. The first-order valence-electron chi connectivity index (χ1n) is 6.50. The van der Waals surface area contributed by atoms with Crippen molar-refractivity contribution in [1.82, 2.24) is 0 Å². The maximum atomic E-state index is 7.69. The molecule has 0 aliphatic carbocycles. The van der Waals surface area contributed by atoms with Crippen molar-refractivity contribution in [1.29, 1.82) is 5.41 Å². The fraction of sp³-hybridized carbons (Fsp3) is 0.500. The van der Waals surface area contributed by atoms with Crippen LogP contribution in [-0.4, -0.2) is 18.4 Å². The van der Waals surface area contributed by atoms with E-state index < -0.39 is 0 Å². The summed E-state index contributed by atoms with van der Waals surface area (Å²) in [4.78, 5) is 2.34. The van der Waals surface area contributed by atoms with E-state index in [1.165, 1.54) is 25.7 Å². The molecule has 1 unspecified atom stereocenters. The SMILES string of the molecule is CC1CCCCCN1c1cc(Cl)ccc1C(=N)N. The monoisotopic (exact) mass is 265 g/mol. The molecule has 0 spiro atoms. The van der Waals surface area contributed by atoms with Crippen molar-refractivity contribution < 1.29 is 0 Å². The van der Waals surface area contributed by atoms with Crippen molar-refractivity contribution in [3.05, 3.63) is 28.8 Å². The number of nitrogens with two attached hydrogens (primary N) is 1. The van der Waals surface area contributed by atoms with Crippen LogP contribution in [0.5, 0.6) is 0 Å². The minimum Gasteiger partial charge on any atom is -0.384 e. The van der Waals surface area contributed by atoms with Crippen molar-refractivity contribution in [2.75, 3.05) is 11.4 Å². The molecule has 1 aliphatic rings. The highest BCUT2D eigenvalue weighted by atomic mass is 35.5. The summed E-state index contributed by atoms with van der Waals surface area (Å²) in [6.07, 6.45) is 4.92. The fourth-order valence-corrected chi connectivity index (χ4v) is 2.77. The molecule has 0 bridgehead atoms. The lowest BCUT2D eigenvalue weighted by molar-refractivity contribution is 0.616. The lowest BCUT2D eigenvalue weighted by Crippen LogP contribution is -2.34. The Morgan fingerprint density at radius 1 is 1.39 bits per heavy atom. The highest BCUT2D eigenvalue weighted by molar-refractivity contribution is 6.31. The maximum absolute atomic E-state index is 7.69. The van der Waals surface area contributed by atoms with Gasteiger partial charge in [0.05, 0.1) is 0 Å². The molecule has 1 saturated heterocycles.